The number of carbonyl (C=O) groups is 1. The maximum Gasteiger partial charge on any atom is 0.225 e. The fourth-order valence-corrected chi connectivity index (χ4v) is 6.62. The zero-order chi connectivity index (χ0) is 18.9. The van der Waals surface area contributed by atoms with Crippen molar-refractivity contribution in [1.29, 1.82) is 0 Å². The van der Waals surface area contributed by atoms with Gasteiger partial charge in [0, 0.05) is 36.8 Å². The smallest absolute Gasteiger partial charge is 0.225 e. The molecule has 0 N–H and O–H groups in total. The van der Waals surface area contributed by atoms with Crippen molar-refractivity contribution < 1.29 is 19.0 Å². The minimum absolute atomic E-state index is 0.119. The third-order valence-electron chi connectivity index (χ3n) is 8.16. The third kappa shape index (κ3) is 2.35. The first-order chi connectivity index (χ1) is 13.6. The summed E-state index contributed by atoms with van der Waals surface area (Å²) in [5, 5.41) is 0. The van der Waals surface area contributed by atoms with Crippen molar-refractivity contribution in [2.24, 2.45) is 11.8 Å². The van der Waals surface area contributed by atoms with Crippen LogP contribution in [0.5, 0.6) is 5.75 Å². The maximum absolute atomic E-state index is 13.1. The van der Waals surface area contributed by atoms with Gasteiger partial charge in [-0.1, -0.05) is 6.07 Å². The summed E-state index contributed by atoms with van der Waals surface area (Å²) >= 11 is 0. The topological polar surface area (TPSA) is 48.0 Å². The Bertz CT molecular complexity index is 813. The normalized spacial score (nSPS) is 35.4. The van der Waals surface area contributed by atoms with Gasteiger partial charge in [-0.15, -0.1) is 0 Å². The molecule has 2 saturated carbocycles. The fraction of sp³-hybridized carbons (Fsp3) is 0.696. The van der Waals surface area contributed by atoms with Gasteiger partial charge in [0.05, 0.1) is 20.3 Å². The van der Waals surface area contributed by atoms with Crippen molar-refractivity contribution in [3.05, 3.63) is 29.3 Å². The number of hydrogen-bond acceptors (Lipinski definition) is 4. The second-order valence-electron chi connectivity index (χ2n) is 9.42. The Morgan fingerprint density at radius 2 is 2.00 bits per heavy atom. The molecule has 3 aliphatic carbocycles. The molecule has 5 heteroatoms. The first-order valence-electron chi connectivity index (χ1n) is 10.9. The van der Waals surface area contributed by atoms with Gasteiger partial charge >= 0.3 is 0 Å². The molecular formula is C23H29NO4. The zero-order valence-corrected chi connectivity index (χ0v) is 16.6. The van der Waals surface area contributed by atoms with E-state index >= 15 is 0 Å². The predicted octanol–water partition coefficient (Wildman–Crippen LogP) is 3.04. The van der Waals surface area contributed by atoms with Gasteiger partial charge in [-0.25, -0.2) is 0 Å². The summed E-state index contributed by atoms with van der Waals surface area (Å²) in [6.07, 6.45) is 7.05. The van der Waals surface area contributed by atoms with E-state index in [0.29, 0.717) is 25.0 Å². The molecule has 150 valence electrons. The number of methoxy groups -OCH3 is 1. The Kier molecular flexibility index (Phi) is 3.68. The number of benzene rings is 1. The summed E-state index contributed by atoms with van der Waals surface area (Å²) in [4.78, 5) is 15.3. The van der Waals surface area contributed by atoms with Crippen molar-refractivity contribution in [3.8, 4) is 5.75 Å². The van der Waals surface area contributed by atoms with Gasteiger partial charge in [0.25, 0.3) is 0 Å². The number of likely N-dealkylation sites (tertiary alicyclic amines) is 1. The molecule has 0 aromatic heterocycles. The molecule has 1 spiro atoms. The van der Waals surface area contributed by atoms with Crippen LogP contribution in [0.1, 0.15) is 49.7 Å². The molecule has 5 aliphatic rings. The van der Waals surface area contributed by atoms with E-state index in [1.54, 1.807) is 7.11 Å². The summed E-state index contributed by atoms with van der Waals surface area (Å²) in [6, 6.07) is 6.85. The molecule has 1 aromatic carbocycles. The maximum atomic E-state index is 13.1. The van der Waals surface area contributed by atoms with Crippen molar-refractivity contribution in [1.82, 2.24) is 4.90 Å². The quantitative estimate of drug-likeness (QED) is 0.788. The summed E-state index contributed by atoms with van der Waals surface area (Å²) in [5.41, 5.74) is 2.98. The van der Waals surface area contributed by atoms with Gasteiger partial charge in [0.2, 0.25) is 5.91 Å². The van der Waals surface area contributed by atoms with Gasteiger partial charge in [-0.3, -0.25) is 4.79 Å². The zero-order valence-electron chi connectivity index (χ0n) is 16.6. The lowest BCUT2D eigenvalue weighted by Crippen LogP contribution is -2.65. The van der Waals surface area contributed by atoms with Crippen molar-refractivity contribution in [2.75, 3.05) is 26.9 Å². The number of hydrogen-bond donors (Lipinski definition) is 0. The minimum atomic E-state index is -0.422. The Labute approximate surface area is 166 Å². The molecule has 0 radical (unpaired) electrons. The summed E-state index contributed by atoms with van der Waals surface area (Å²) in [6.45, 7) is 2.28. The van der Waals surface area contributed by atoms with E-state index in [1.807, 2.05) is 0 Å². The largest absolute Gasteiger partial charge is 0.497 e. The molecular weight excluding hydrogens is 354 g/mol. The Morgan fingerprint density at radius 3 is 2.75 bits per heavy atom. The predicted molar refractivity (Wildman–Crippen MR) is 103 cm³/mol. The first-order valence-corrected chi connectivity index (χ1v) is 10.9. The first kappa shape index (κ1) is 17.3. The minimum Gasteiger partial charge on any atom is -0.497 e. The Hall–Kier alpha value is -1.59. The van der Waals surface area contributed by atoms with Crippen LogP contribution in [-0.2, 0) is 26.1 Å². The van der Waals surface area contributed by atoms with Crippen LogP contribution < -0.4 is 4.74 Å². The van der Waals surface area contributed by atoms with Crippen LogP contribution in [0.3, 0.4) is 0 Å². The van der Waals surface area contributed by atoms with Crippen LogP contribution >= 0.6 is 0 Å². The number of rotatable bonds is 2. The number of piperidine rings is 1. The van der Waals surface area contributed by atoms with Gasteiger partial charge < -0.3 is 19.1 Å². The molecule has 5 nitrogen and oxygen atoms in total. The second-order valence-corrected chi connectivity index (χ2v) is 9.42. The lowest BCUT2D eigenvalue weighted by molar-refractivity contribution is -0.214. The van der Waals surface area contributed by atoms with Gasteiger partial charge in [-0.2, -0.15) is 0 Å². The monoisotopic (exact) mass is 383 g/mol. The summed E-state index contributed by atoms with van der Waals surface area (Å²) < 4.78 is 17.8. The fourth-order valence-electron chi connectivity index (χ4n) is 6.62. The lowest BCUT2D eigenvalue weighted by Gasteiger charge is -2.61. The number of amides is 1. The molecule has 2 aliphatic heterocycles. The van der Waals surface area contributed by atoms with Crippen LogP contribution in [0.4, 0.5) is 0 Å². The lowest BCUT2D eigenvalue weighted by atomic mass is 9.51. The average Bonchev–Trinajstić information content (AvgIpc) is 3.48. The molecule has 28 heavy (non-hydrogen) atoms. The molecule has 3 atom stereocenters. The van der Waals surface area contributed by atoms with Gasteiger partial charge in [0.1, 0.15) is 5.75 Å². The van der Waals surface area contributed by atoms with Crippen LogP contribution in [0, 0.1) is 11.8 Å². The SMILES string of the molecule is COc1ccc2c(c1)[C@]13CCN(C(=O)C4CC4)[C@H](C2)[C@@H]1CC1(CC3)OCCO1. The highest BCUT2D eigenvalue weighted by Crippen LogP contribution is 2.59. The van der Waals surface area contributed by atoms with E-state index in [1.165, 1.54) is 11.1 Å². The Balaban J connectivity index is 1.44. The molecule has 0 unspecified atom stereocenters. The second kappa shape index (κ2) is 5.96. The van der Waals surface area contributed by atoms with Crippen LogP contribution in [0.15, 0.2) is 18.2 Å². The van der Waals surface area contributed by atoms with E-state index in [2.05, 4.69) is 23.1 Å². The number of ether oxygens (including phenoxy) is 3. The van der Waals surface area contributed by atoms with Crippen molar-refractivity contribution >= 4 is 5.91 Å². The molecule has 1 aromatic rings. The molecule has 2 bridgehead atoms. The van der Waals surface area contributed by atoms with Crippen LogP contribution in [-0.4, -0.2) is 49.5 Å². The van der Waals surface area contributed by atoms with Crippen LogP contribution in [0.25, 0.3) is 0 Å². The molecule has 2 heterocycles. The highest BCUT2D eigenvalue weighted by atomic mass is 16.7. The highest BCUT2D eigenvalue weighted by Gasteiger charge is 2.61. The van der Waals surface area contributed by atoms with E-state index in [4.69, 9.17) is 14.2 Å². The van der Waals surface area contributed by atoms with E-state index in [0.717, 1.165) is 57.2 Å². The highest BCUT2D eigenvalue weighted by molar-refractivity contribution is 5.81. The van der Waals surface area contributed by atoms with E-state index in [-0.39, 0.29) is 17.4 Å². The average molecular weight is 383 g/mol. The molecule has 1 amide bonds. The van der Waals surface area contributed by atoms with E-state index < -0.39 is 5.79 Å². The van der Waals surface area contributed by atoms with Crippen molar-refractivity contribution in [2.45, 2.75) is 62.2 Å². The number of fused-ring (bicyclic) bond motifs is 1. The molecule has 4 fully saturated rings. The van der Waals surface area contributed by atoms with Crippen molar-refractivity contribution in [3.63, 3.8) is 0 Å². The van der Waals surface area contributed by atoms with E-state index in [9.17, 15) is 4.79 Å². The summed E-state index contributed by atoms with van der Waals surface area (Å²) in [7, 11) is 1.75. The summed E-state index contributed by atoms with van der Waals surface area (Å²) in [5.74, 6) is 1.59. The molecule has 2 saturated heterocycles. The third-order valence-corrected chi connectivity index (χ3v) is 8.16. The Morgan fingerprint density at radius 1 is 1.18 bits per heavy atom. The standard InChI is InChI=1S/C23H29NO4/c1-26-17-5-4-16-12-20-19-14-23(27-10-11-28-23)7-6-22(19,18(16)13-17)8-9-24(20)21(25)15-2-3-15/h4-5,13,15,19-20H,2-3,6-12,14H2,1H3/t19-,20+,22-/m0/s1. The number of carbonyl (C=O) groups excluding carboxylic acids is 1. The van der Waals surface area contributed by atoms with Gasteiger partial charge in [0.15, 0.2) is 5.79 Å². The molecule has 6 rings (SSSR count). The number of nitrogens with zero attached hydrogens (tertiary/aromatic N) is 1. The van der Waals surface area contributed by atoms with Crippen LogP contribution in [0.2, 0.25) is 0 Å². The van der Waals surface area contributed by atoms with Gasteiger partial charge in [-0.05, 0) is 61.3 Å².